The lowest BCUT2D eigenvalue weighted by Crippen LogP contribution is -2.43. The molecular formula is C28H32ClFN6O. The van der Waals surface area contributed by atoms with Gasteiger partial charge in [0.05, 0.1) is 15.9 Å². The second kappa shape index (κ2) is 9.33. The number of hydrogen-bond donors (Lipinski definition) is 1. The minimum Gasteiger partial charge on any atom is -0.461 e. The molecule has 194 valence electrons. The van der Waals surface area contributed by atoms with Crippen LogP contribution >= 0.6 is 11.6 Å². The topological polar surface area (TPSA) is 66.4 Å². The molecule has 0 aliphatic carbocycles. The van der Waals surface area contributed by atoms with Crippen molar-refractivity contribution in [3.8, 4) is 17.3 Å². The molecule has 7 rings (SSSR count). The quantitative estimate of drug-likeness (QED) is 0.522. The van der Waals surface area contributed by atoms with Gasteiger partial charge in [-0.25, -0.2) is 4.39 Å². The van der Waals surface area contributed by atoms with Gasteiger partial charge in [-0.2, -0.15) is 9.97 Å². The molecule has 37 heavy (non-hydrogen) atoms. The molecule has 4 fully saturated rings. The van der Waals surface area contributed by atoms with Crippen molar-refractivity contribution in [2.24, 2.45) is 5.92 Å². The summed E-state index contributed by atoms with van der Waals surface area (Å²) in [5.74, 6) is 0.893. The molecule has 0 saturated carbocycles. The Balaban J connectivity index is 1.31. The van der Waals surface area contributed by atoms with Gasteiger partial charge in [0.15, 0.2) is 5.82 Å². The summed E-state index contributed by atoms with van der Waals surface area (Å²) in [5, 5.41) is 4.69. The Morgan fingerprint density at radius 3 is 2.81 bits per heavy atom. The Labute approximate surface area is 221 Å². The van der Waals surface area contributed by atoms with Crippen molar-refractivity contribution in [1.29, 1.82) is 0 Å². The zero-order valence-electron chi connectivity index (χ0n) is 20.9. The van der Waals surface area contributed by atoms with Crippen LogP contribution < -0.4 is 15.0 Å². The van der Waals surface area contributed by atoms with Crippen LogP contribution in [0.15, 0.2) is 30.5 Å². The van der Waals surface area contributed by atoms with Gasteiger partial charge >= 0.3 is 6.01 Å². The fraction of sp³-hybridized carbons (Fsp3) is 0.536. The number of benzene rings is 1. The van der Waals surface area contributed by atoms with Crippen molar-refractivity contribution in [2.75, 3.05) is 44.2 Å². The van der Waals surface area contributed by atoms with E-state index < -0.39 is 5.82 Å². The van der Waals surface area contributed by atoms with E-state index in [9.17, 15) is 0 Å². The van der Waals surface area contributed by atoms with E-state index in [4.69, 9.17) is 21.3 Å². The normalized spacial score (nSPS) is 25.0. The van der Waals surface area contributed by atoms with Crippen LogP contribution in [0.25, 0.3) is 22.2 Å². The highest BCUT2D eigenvalue weighted by molar-refractivity contribution is 6.33. The van der Waals surface area contributed by atoms with Crippen LogP contribution in [0.2, 0.25) is 5.02 Å². The number of anilines is 1. The van der Waals surface area contributed by atoms with Gasteiger partial charge in [-0.3, -0.25) is 9.88 Å². The van der Waals surface area contributed by atoms with Gasteiger partial charge in [0, 0.05) is 30.9 Å². The molecular weight excluding hydrogens is 491 g/mol. The van der Waals surface area contributed by atoms with E-state index >= 15 is 4.39 Å². The van der Waals surface area contributed by atoms with Crippen LogP contribution in [0.5, 0.6) is 6.01 Å². The molecule has 7 nitrogen and oxygen atoms in total. The predicted molar refractivity (Wildman–Crippen MR) is 143 cm³/mol. The maximum Gasteiger partial charge on any atom is 0.319 e. The summed E-state index contributed by atoms with van der Waals surface area (Å²) in [7, 11) is 0. The molecule has 2 atom stereocenters. The highest BCUT2D eigenvalue weighted by atomic mass is 35.5. The highest BCUT2D eigenvalue weighted by Gasteiger charge is 2.45. The van der Waals surface area contributed by atoms with E-state index in [1.54, 1.807) is 18.3 Å². The molecule has 0 amide bonds. The number of rotatable bonds is 5. The third kappa shape index (κ3) is 4.14. The first kappa shape index (κ1) is 23.6. The van der Waals surface area contributed by atoms with Crippen molar-refractivity contribution in [3.05, 3.63) is 41.3 Å². The zero-order valence-corrected chi connectivity index (χ0v) is 21.7. The molecule has 0 radical (unpaired) electrons. The number of fused-ring (bicyclic) bond motifs is 4. The van der Waals surface area contributed by atoms with Gasteiger partial charge in [-0.1, -0.05) is 29.8 Å². The van der Waals surface area contributed by atoms with E-state index in [0.29, 0.717) is 40.4 Å². The second-order valence-corrected chi connectivity index (χ2v) is 11.5. The van der Waals surface area contributed by atoms with Crippen LogP contribution in [0.3, 0.4) is 0 Å². The van der Waals surface area contributed by atoms with E-state index in [1.807, 2.05) is 12.1 Å². The number of nitrogens with one attached hydrogen (secondary N) is 1. The molecule has 0 spiro atoms. The Bertz CT molecular complexity index is 1330. The standard InChI is InChI=1S/C28H32ClFN6O/c29-22-6-2-1-5-20(22)24-23(30)25-21(15-32-24)26(35-12-7-18-13-19(16-35)31-14-18)34-27(33-25)37-17-28-8-3-10-36(28)11-4-9-28/h1-2,5-6,15,18-19,31H,3-4,7-14,16-17H2. The first-order chi connectivity index (χ1) is 18.1. The van der Waals surface area contributed by atoms with Crippen molar-refractivity contribution in [1.82, 2.24) is 25.2 Å². The first-order valence-corrected chi connectivity index (χ1v) is 13.9. The number of aromatic nitrogens is 3. The van der Waals surface area contributed by atoms with Crippen LogP contribution in [-0.4, -0.2) is 70.8 Å². The summed E-state index contributed by atoms with van der Waals surface area (Å²) in [6.45, 7) is 5.56. The highest BCUT2D eigenvalue weighted by Crippen LogP contribution is 2.40. The van der Waals surface area contributed by atoms with Gasteiger partial charge in [0.2, 0.25) is 0 Å². The van der Waals surface area contributed by atoms with Crippen molar-refractivity contribution in [2.45, 2.75) is 50.1 Å². The summed E-state index contributed by atoms with van der Waals surface area (Å²) in [4.78, 5) is 18.9. The van der Waals surface area contributed by atoms with Crippen LogP contribution in [-0.2, 0) is 0 Å². The molecule has 4 aliphatic heterocycles. The van der Waals surface area contributed by atoms with Crippen molar-refractivity contribution >= 4 is 28.3 Å². The number of hydrogen-bond acceptors (Lipinski definition) is 7. The first-order valence-electron chi connectivity index (χ1n) is 13.6. The molecule has 2 aromatic heterocycles. The maximum absolute atomic E-state index is 16.1. The fourth-order valence-electron chi connectivity index (χ4n) is 6.98. The molecule has 9 heteroatoms. The van der Waals surface area contributed by atoms with Crippen LogP contribution in [0.4, 0.5) is 10.2 Å². The Morgan fingerprint density at radius 2 is 1.97 bits per heavy atom. The predicted octanol–water partition coefficient (Wildman–Crippen LogP) is 4.68. The number of ether oxygens (including phenoxy) is 1. The molecule has 2 bridgehead atoms. The van der Waals surface area contributed by atoms with E-state index in [1.165, 1.54) is 19.3 Å². The van der Waals surface area contributed by atoms with Gasteiger partial charge in [0.1, 0.15) is 23.6 Å². The molecule has 6 heterocycles. The third-order valence-electron chi connectivity index (χ3n) is 8.91. The molecule has 4 saturated heterocycles. The van der Waals surface area contributed by atoms with Crippen molar-refractivity contribution < 1.29 is 9.13 Å². The third-order valence-corrected chi connectivity index (χ3v) is 9.24. The molecule has 1 aromatic carbocycles. The lowest BCUT2D eigenvalue weighted by molar-refractivity contribution is 0.108. The van der Waals surface area contributed by atoms with Crippen molar-refractivity contribution in [3.63, 3.8) is 0 Å². The average molecular weight is 523 g/mol. The zero-order chi connectivity index (χ0) is 25.0. The fourth-order valence-corrected chi connectivity index (χ4v) is 7.20. The lowest BCUT2D eigenvalue weighted by atomic mass is 9.95. The summed E-state index contributed by atoms with van der Waals surface area (Å²) in [6, 6.07) is 7.84. The monoisotopic (exact) mass is 522 g/mol. The molecule has 1 N–H and O–H groups in total. The smallest absolute Gasteiger partial charge is 0.319 e. The lowest BCUT2D eigenvalue weighted by Gasteiger charge is -2.31. The summed E-state index contributed by atoms with van der Waals surface area (Å²) in [6.07, 6.45) is 8.59. The summed E-state index contributed by atoms with van der Waals surface area (Å²) >= 11 is 6.41. The summed E-state index contributed by atoms with van der Waals surface area (Å²) in [5.41, 5.74) is 1.04. The Hall–Kier alpha value is -2.55. The summed E-state index contributed by atoms with van der Waals surface area (Å²) < 4.78 is 22.5. The number of nitrogens with zero attached hydrogens (tertiary/aromatic N) is 5. The largest absolute Gasteiger partial charge is 0.461 e. The minimum absolute atomic E-state index is 0.0592. The molecule has 3 aromatic rings. The van der Waals surface area contributed by atoms with Gasteiger partial charge < -0.3 is 15.0 Å². The van der Waals surface area contributed by atoms with Gasteiger partial charge in [-0.15, -0.1) is 0 Å². The van der Waals surface area contributed by atoms with Crippen LogP contribution in [0, 0.1) is 11.7 Å². The van der Waals surface area contributed by atoms with Crippen LogP contribution in [0.1, 0.15) is 38.5 Å². The second-order valence-electron chi connectivity index (χ2n) is 11.1. The number of halogens is 2. The SMILES string of the molecule is Fc1c(-c2ccccc2Cl)ncc2c(N3CCC4CNC(C4)C3)nc(OCC34CCCN3CCC4)nc12. The van der Waals surface area contributed by atoms with E-state index in [-0.39, 0.29) is 22.8 Å². The Kier molecular flexibility index (Phi) is 5.94. The molecule has 2 unspecified atom stereocenters. The van der Waals surface area contributed by atoms with E-state index in [0.717, 1.165) is 52.0 Å². The number of pyridine rings is 1. The maximum atomic E-state index is 16.1. The van der Waals surface area contributed by atoms with Gasteiger partial charge in [-0.05, 0) is 70.1 Å². The average Bonchev–Trinajstić information content (AvgIpc) is 3.57. The Morgan fingerprint density at radius 1 is 1.14 bits per heavy atom. The van der Waals surface area contributed by atoms with Gasteiger partial charge in [0.25, 0.3) is 0 Å². The van der Waals surface area contributed by atoms with E-state index in [2.05, 4.69) is 25.1 Å². The minimum atomic E-state index is -0.491. The molecule has 4 aliphatic rings.